The van der Waals surface area contributed by atoms with Crippen molar-refractivity contribution >= 4 is 11.6 Å². The minimum Gasteiger partial charge on any atom is -1.00 e. The number of hydrogen-bond acceptors (Lipinski definition) is 3. The zero-order chi connectivity index (χ0) is 5.11. The van der Waals surface area contributed by atoms with Crippen LogP contribution < -0.4 is 51.4 Å². The van der Waals surface area contributed by atoms with Crippen LogP contribution in [-0.2, 0) is 14.8 Å². The van der Waals surface area contributed by atoms with E-state index in [2.05, 4.69) is 14.8 Å². The second-order valence-corrected chi connectivity index (χ2v) is 1.37. The van der Waals surface area contributed by atoms with E-state index < -0.39 is 5.56 Å². The Morgan fingerprint density at radius 2 is 2.38 bits per heavy atom. The van der Waals surface area contributed by atoms with Crippen LogP contribution in [0.25, 0.3) is 0 Å². The SMILES string of the molecule is ClC1C=COOO1.[H-].[K+]. The molecule has 0 aromatic heterocycles. The molecule has 1 heterocycles. The van der Waals surface area contributed by atoms with Gasteiger partial charge < -0.3 is 6.31 Å². The Morgan fingerprint density at radius 1 is 1.62 bits per heavy atom. The second-order valence-electron chi connectivity index (χ2n) is 0.940. The smallest absolute Gasteiger partial charge is 1.00 e. The average molecular weight is 163 g/mol. The molecule has 1 rings (SSSR count). The Kier molecular flexibility index (Phi) is 6.09. The van der Waals surface area contributed by atoms with Gasteiger partial charge in [0.1, 0.15) is 6.26 Å². The first-order chi connectivity index (χ1) is 3.39. The molecule has 0 aliphatic carbocycles. The maximum absolute atomic E-state index is 5.30. The first kappa shape index (κ1) is 9.39. The van der Waals surface area contributed by atoms with Crippen molar-refractivity contribution in [3.05, 3.63) is 12.3 Å². The van der Waals surface area contributed by atoms with Gasteiger partial charge in [-0.2, -0.15) is 4.89 Å². The molecular weight excluding hydrogens is 159 g/mol. The van der Waals surface area contributed by atoms with Crippen LogP contribution in [0.15, 0.2) is 12.3 Å². The summed E-state index contributed by atoms with van der Waals surface area (Å²) in [6, 6.07) is 0. The fraction of sp³-hybridized carbons (Fsp3) is 0.333. The molecule has 3 nitrogen and oxygen atoms in total. The summed E-state index contributed by atoms with van der Waals surface area (Å²) in [5, 5.41) is 3.96. The topological polar surface area (TPSA) is 27.7 Å². The van der Waals surface area contributed by atoms with Crippen molar-refractivity contribution in [1.29, 1.82) is 0 Å². The predicted molar refractivity (Wildman–Crippen MR) is 23.1 cm³/mol. The van der Waals surface area contributed by atoms with Gasteiger partial charge in [-0.25, -0.2) is 0 Å². The van der Waals surface area contributed by atoms with Crippen molar-refractivity contribution in [3.63, 3.8) is 0 Å². The molecule has 1 atom stereocenters. The van der Waals surface area contributed by atoms with Crippen molar-refractivity contribution in [1.82, 2.24) is 0 Å². The molecule has 8 heavy (non-hydrogen) atoms. The summed E-state index contributed by atoms with van der Waals surface area (Å²) in [6.45, 7) is 0. The van der Waals surface area contributed by atoms with E-state index in [4.69, 9.17) is 11.6 Å². The molecule has 42 valence electrons. The normalized spacial score (nSPS) is 25.9. The molecule has 1 aliphatic heterocycles. The molecular formula is C3H4ClKO3. The van der Waals surface area contributed by atoms with Gasteiger partial charge >= 0.3 is 51.4 Å². The zero-order valence-electron chi connectivity index (χ0n) is 5.33. The fourth-order valence-corrected chi connectivity index (χ4v) is 0.298. The summed E-state index contributed by atoms with van der Waals surface area (Å²) in [4.78, 5) is 8.39. The van der Waals surface area contributed by atoms with E-state index in [1.807, 2.05) is 0 Å². The van der Waals surface area contributed by atoms with Gasteiger partial charge in [0.25, 0.3) is 0 Å². The largest absolute Gasteiger partial charge is 1.00 e. The third kappa shape index (κ3) is 3.42. The van der Waals surface area contributed by atoms with Crippen LogP contribution in [0.3, 0.4) is 0 Å². The molecule has 0 bridgehead atoms. The molecule has 0 spiro atoms. The summed E-state index contributed by atoms with van der Waals surface area (Å²) >= 11 is 5.30. The maximum atomic E-state index is 5.30. The molecule has 1 unspecified atom stereocenters. The van der Waals surface area contributed by atoms with Crippen LogP contribution in [0, 0.1) is 0 Å². The average Bonchev–Trinajstić information content (AvgIpc) is 1.69. The first-order valence-corrected chi connectivity index (χ1v) is 2.13. The third-order valence-electron chi connectivity index (χ3n) is 0.456. The number of hydrogen-bond donors (Lipinski definition) is 0. The third-order valence-corrected chi connectivity index (χ3v) is 0.674. The molecule has 0 N–H and O–H groups in total. The Bertz CT molecular complexity index is 91.1. The summed E-state index contributed by atoms with van der Waals surface area (Å²) in [5.41, 5.74) is -0.520. The minimum absolute atomic E-state index is 0. The predicted octanol–water partition coefficient (Wildman–Crippen LogP) is -1.93. The van der Waals surface area contributed by atoms with Crippen molar-refractivity contribution < 1.29 is 67.6 Å². The van der Waals surface area contributed by atoms with E-state index in [0.29, 0.717) is 0 Å². The van der Waals surface area contributed by atoms with Gasteiger partial charge in [0, 0.05) is 6.08 Å². The van der Waals surface area contributed by atoms with Gasteiger partial charge in [-0.15, -0.1) is 0 Å². The number of halogens is 1. The van der Waals surface area contributed by atoms with Gasteiger partial charge in [-0.3, -0.25) is 0 Å². The van der Waals surface area contributed by atoms with Crippen molar-refractivity contribution in [2.45, 2.75) is 5.56 Å². The fourth-order valence-electron chi connectivity index (χ4n) is 0.209. The van der Waals surface area contributed by atoms with Gasteiger partial charge in [-0.1, -0.05) is 11.6 Å². The van der Waals surface area contributed by atoms with Crippen molar-refractivity contribution in [2.24, 2.45) is 0 Å². The van der Waals surface area contributed by atoms with Gasteiger partial charge in [0.15, 0.2) is 5.56 Å². The van der Waals surface area contributed by atoms with Gasteiger partial charge in [0.05, 0.1) is 0 Å². The van der Waals surface area contributed by atoms with Crippen LogP contribution in [0.1, 0.15) is 1.43 Å². The monoisotopic (exact) mass is 162 g/mol. The first-order valence-electron chi connectivity index (χ1n) is 1.69. The molecule has 0 aromatic carbocycles. The summed E-state index contributed by atoms with van der Waals surface area (Å²) in [6.07, 6.45) is 2.81. The zero-order valence-corrected chi connectivity index (χ0v) is 8.21. The van der Waals surface area contributed by atoms with E-state index in [9.17, 15) is 0 Å². The summed E-state index contributed by atoms with van der Waals surface area (Å²) < 4.78 is 0. The Morgan fingerprint density at radius 3 is 2.62 bits per heavy atom. The van der Waals surface area contributed by atoms with Crippen LogP contribution in [0.5, 0.6) is 0 Å². The Labute approximate surface area is 95.7 Å². The van der Waals surface area contributed by atoms with Crippen LogP contribution >= 0.6 is 11.6 Å². The molecule has 0 fully saturated rings. The molecule has 1 aliphatic rings. The van der Waals surface area contributed by atoms with E-state index in [-0.39, 0.29) is 52.8 Å². The quantitative estimate of drug-likeness (QED) is 0.236. The summed E-state index contributed by atoms with van der Waals surface area (Å²) in [5.74, 6) is 0. The second kappa shape index (κ2) is 5.19. The standard InChI is InChI=1S/C3H3ClO3.K.H/c4-3-1-2-5-7-6-3;;/h1-3H;;/q;+1;-1. The molecule has 5 heteroatoms. The van der Waals surface area contributed by atoms with E-state index in [1.165, 1.54) is 12.3 Å². The van der Waals surface area contributed by atoms with E-state index in [1.54, 1.807) is 0 Å². The Balaban J connectivity index is 0. The number of rotatable bonds is 0. The van der Waals surface area contributed by atoms with Gasteiger partial charge in [0.2, 0.25) is 0 Å². The van der Waals surface area contributed by atoms with Crippen LogP contribution in [0.4, 0.5) is 0 Å². The van der Waals surface area contributed by atoms with Crippen LogP contribution in [-0.4, -0.2) is 5.56 Å². The minimum atomic E-state index is -0.520. The molecule has 0 aromatic rings. The van der Waals surface area contributed by atoms with Crippen LogP contribution in [0.2, 0.25) is 0 Å². The van der Waals surface area contributed by atoms with E-state index >= 15 is 0 Å². The molecule has 0 saturated carbocycles. The van der Waals surface area contributed by atoms with Crippen molar-refractivity contribution in [3.8, 4) is 0 Å². The maximum Gasteiger partial charge on any atom is 1.00 e. The Hall–Kier alpha value is 1.39. The van der Waals surface area contributed by atoms with E-state index in [0.717, 1.165) is 0 Å². The summed E-state index contributed by atoms with van der Waals surface area (Å²) in [7, 11) is 0. The number of alkyl halides is 1. The van der Waals surface area contributed by atoms with Gasteiger partial charge in [-0.05, 0) is 5.04 Å². The molecule has 0 radical (unpaired) electrons. The molecule has 0 saturated heterocycles. The van der Waals surface area contributed by atoms with Crippen molar-refractivity contribution in [2.75, 3.05) is 0 Å². The molecule has 0 amide bonds.